The predicted molar refractivity (Wildman–Crippen MR) is 110 cm³/mol. The second-order valence-corrected chi connectivity index (χ2v) is 9.73. The molecule has 0 aliphatic carbocycles. The number of carbonyl (C=O) groups excluding carboxylic acids is 2. The third-order valence-corrected chi connectivity index (χ3v) is 4.55. The van der Waals surface area contributed by atoms with Gasteiger partial charge in [0.25, 0.3) is 0 Å². The van der Waals surface area contributed by atoms with Gasteiger partial charge in [0.2, 0.25) is 0 Å². The summed E-state index contributed by atoms with van der Waals surface area (Å²) in [4.78, 5) is 24.6. The van der Waals surface area contributed by atoms with Crippen LogP contribution in [-0.4, -0.2) is 74.1 Å². The Morgan fingerprint density at radius 3 is 2.53 bits per heavy atom. The predicted octanol–water partition coefficient (Wildman–Crippen LogP) is 1.98. The highest BCUT2D eigenvalue weighted by molar-refractivity contribution is 5.81. The summed E-state index contributed by atoms with van der Waals surface area (Å²) in [5, 5.41) is 5.90. The van der Waals surface area contributed by atoms with Crippen LogP contribution in [0.15, 0.2) is 0 Å². The molecule has 0 saturated carbocycles. The number of esters is 1. The Balaban J connectivity index is 1.81. The summed E-state index contributed by atoms with van der Waals surface area (Å²) in [6, 6.07) is -0.798. The van der Waals surface area contributed by atoms with E-state index in [9.17, 15) is 9.59 Å². The van der Waals surface area contributed by atoms with Crippen LogP contribution in [0.4, 0.5) is 4.79 Å². The van der Waals surface area contributed by atoms with Crippen molar-refractivity contribution < 1.29 is 33.3 Å². The maximum Gasteiger partial charge on any atom is 0.408 e. The molecule has 30 heavy (non-hydrogen) atoms. The van der Waals surface area contributed by atoms with Crippen molar-refractivity contribution >= 4 is 12.1 Å². The van der Waals surface area contributed by atoms with Gasteiger partial charge >= 0.3 is 12.1 Å². The van der Waals surface area contributed by atoms with Crippen molar-refractivity contribution in [1.29, 1.82) is 0 Å². The number of nitrogens with one attached hydrogen (secondary N) is 2. The molecule has 4 atom stereocenters. The van der Waals surface area contributed by atoms with E-state index >= 15 is 0 Å². The minimum absolute atomic E-state index is 0.0561. The average Bonchev–Trinajstić information content (AvgIpc) is 3.09. The zero-order valence-electron chi connectivity index (χ0n) is 19.3. The highest BCUT2D eigenvalue weighted by atomic mass is 16.8. The van der Waals surface area contributed by atoms with Crippen molar-refractivity contribution in [1.82, 2.24) is 10.6 Å². The van der Waals surface area contributed by atoms with E-state index in [4.69, 9.17) is 23.7 Å². The standard InChI is InChI=1S/C21H38N2O7/c1-13(2)11-27-18(24)14(23-19(25)30-20(3,4)5)8-9-22-10-15-17-16(12-26-15)28-21(6,7)29-17/h13-17,22H,8-12H2,1-7H3,(H,23,25)/t14-,15+,16-,17+/m0/s1. The lowest BCUT2D eigenvalue weighted by Crippen LogP contribution is -2.46. The number of ether oxygens (including phenoxy) is 5. The van der Waals surface area contributed by atoms with Crippen LogP contribution < -0.4 is 10.6 Å². The van der Waals surface area contributed by atoms with Crippen molar-refractivity contribution in [3.63, 3.8) is 0 Å². The summed E-state index contributed by atoms with van der Waals surface area (Å²) in [6.45, 7) is 14.8. The number of hydrogen-bond donors (Lipinski definition) is 2. The van der Waals surface area contributed by atoms with Crippen molar-refractivity contribution in [2.45, 2.75) is 90.6 Å². The smallest absolute Gasteiger partial charge is 0.408 e. The molecule has 2 heterocycles. The third kappa shape index (κ3) is 8.02. The van der Waals surface area contributed by atoms with E-state index in [-0.39, 0.29) is 24.2 Å². The lowest BCUT2D eigenvalue weighted by molar-refractivity contribution is -0.174. The lowest BCUT2D eigenvalue weighted by atomic mass is 10.1. The Morgan fingerprint density at radius 2 is 1.90 bits per heavy atom. The Kier molecular flexibility index (Phi) is 8.50. The molecular formula is C21H38N2O7. The Morgan fingerprint density at radius 1 is 1.20 bits per heavy atom. The minimum atomic E-state index is -0.798. The van der Waals surface area contributed by atoms with Crippen molar-refractivity contribution in [3.05, 3.63) is 0 Å². The van der Waals surface area contributed by atoms with Gasteiger partial charge in [-0.3, -0.25) is 0 Å². The van der Waals surface area contributed by atoms with Crippen molar-refractivity contribution in [2.75, 3.05) is 26.3 Å². The van der Waals surface area contributed by atoms with Crippen molar-refractivity contribution in [3.8, 4) is 0 Å². The van der Waals surface area contributed by atoms with E-state index in [1.54, 1.807) is 20.8 Å². The van der Waals surface area contributed by atoms with E-state index in [1.165, 1.54) is 0 Å². The van der Waals surface area contributed by atoms with Gasteiger partial charge in [-0.15, -0.1) is 0 Å². The second kappa shape index (κ2) is 10.3. The topological polar surface area (TPSA) is 104 Å². The first kappa shape index (κ1) is 24.8. The van der Waals surface area contributed by atoms with Crippen LogP contribution in [0.1, 0.15) is 54.9 Å². The molecule has 2 aliphatic heterocycles. The molecule has 2 aliphatic rings. The maximum atomic E-state index is 12.4. The van der Waals surface area contributed by atoms with Crippen LogP contribution in [-0.2, 0) is 28.5 Å². The molecule has 0 spiro atoms. The summed E-state index contributed by atoms with van der Waals surface area (Å²) in [5.74, 6) is -0.859. The number of hydrogen-bond acceptors (Lipinski definition) is 8. The zero-order chi connectivity index (χ0) is 22.5. The van der Waals surface area contributed by atoms with Gasteiger partial charge in [0.1, 0.15) is 23.9 Å². The average molecular weight is 431 g/mol. The number of alkyl carbamates (subject to hydrolysis) is 1. The highest BCUT2D eigenvalue weighted by Crippen LogP contribution is 2.34. The summed E-state index contributed by atoms with van der Waals surface area (Å²) >= 11 is 0. The first-order valence-electron chi connectivity index (χ1n) is 10.7. The van der Waals surface area contributed by atoms with Crippen LogP contribution in [0.2, 0.25) is 0 Å². The molecule has 1 amide bonds. The van der Waals surface area contributed by atoms with Gasteiger partial charge in [-0.1, -0.05) is 13.8 Å². The largest absolute Gasteiger partial charge is 0.464 e. The van der Waals surface area contributed by atoms with E-state index in [0.29, 0.717) is 32.7 Å². The normalized spacial score (nSPS) is 26.3. The molecule has 0 unspecified atom stereocenters. The molecule has 0 aromatic rings. The van der Waals surface area contributed by atoms with Gasteiger partial charge < -0.3 is 34.3 Å². The SMILES string of the molecule is CC(C)COC(=O)[C@H](CCNC[C@H]1OC[C@@H]2OC(C)(C)O[C@@H]21)NC(=O)OC(C)(C)C. The van der Waals surface area contributed by atoms with Gasteiger partial charge in [0.15, 0.2) is 5.79 Å². The van der Waals surface area contributed by atoms with E-state index in [0.717, 1.165) is 0 Å². The van der Waals surface area contributed by atoms with Crippen LogP contribution >= 0.6 is 0 Å². The summed E-state index contributed by atoms with van der Waals surface area (Å²) < 4.78 is 28.1. The monoisotopic (exact) mass is 430 g/mol. The number of fused-ring (bicyclic) bond motifs is 1. The molecule has 2 fully saturated rings. The van der Waals surface area contributed by atoms with Crippen LogP contribution in [0.5, 0.6) is 0 Å². The third-order valence-electron chi connectivity index (χ3n) is 4.55. The second-order valence-electron chi connectivity index (χ2n) is 9.73. The number of amides is 1. The minimum Gasteiger partial charge on any atom is -0.464 e. The molecule has 0 bridgehead atoms. The Bertz CT molecular complexity index is 588. The van der Waals surface area contributed by atoms with Crippen LogP contribution in [0.3, 0.4) is 0 Å². The van der Waals surface area contributed by atoms with Gasteiger partial charge in [-0.25, -0.2) is 9.59 Å². The van der Waals surface area contributed by atoms with E-state index in [2.05, 4.69) is 10.6 Å². The van der Waals surface area contributed by atoms with Gasteiger partial charge in [0.05, 0.1) is 19.3 Å². The van der Waals surface area contributed by atoms with Gasteiger partial charge in [-0.2, -0.15) is 0 Å². The quantitative estimate of drug-likeness (QED) is 0.423. The maximum absolute atomic E-state index is 12.4. The van der Waals surface area contributed by atoms with Gasteiger partial charge in [0, 0.05) is 6.54 Å². The van der Waals surface area contributed by atoms with Crippen LogP contribution in [0, 0.1) is 5.92 Å². The molecule has 9 nitrogen and oxygen atoms in total. The fraction of sp³-hybridized carbons (Fsp3) is 0.905. The molecule has 0 radical (unpaired) electrons. The highest BCUT2D eigenvalue weighted by Gasteiger charge is 2.49. The first-order chi connectivity index (χ1) is 13.9. The van der Waals surface area contributed by atoms with Crippen LogP contribution in [0.25, 0.3) is 0 Å². The van der Waals surface area contributed by atoms with Gasteiger partial charge in [-0.05, 0) is 53.5 Å². The molecular weight excluding hydrogens is 392 g/mol. The molecule has 9 heteroatoms. The fourth-order valence-electron chi connectivity index (χ4n) is 3.33. The summed E-state index contributed by atoms with van der Waals surface area (Å²) in [7, 11) is 0. The zero-order valence-corrected chi connectivity index (χ0v) is 19.3. The summed E-state index contributed by atoms with van der Waals surface area (Å²) in [6.07, 6.45) is -0.574. The molecule has 2 saturated heterocycles. The first-order valence-corrected chi connectivity index (χ1v) is 10.7. The van der Waals surface area contributed by atoms with Crippen molar-refractivity contribution in [2.24, 2.45) is 5.92 Å². The van der Waals surface area contributed by atoms with E-state index in [1.807, 2.05) is 27.7 Å². The summed E-state index contributed by atoms with van der Waals surface area (Å²) in [5.41, 5.74) is -0.651. The molecule has 0 aromatic heterocycles. The van der Waals surface area contributed by atoms with E-state index < -0.39 is 29.5 Å². The fourth-order valence-corrected chi connectivity index (χ4v) is 3.33. The molecule has 2 rings (SSSR count). The Labute approximate surface area is 179 Å². The molecule has 174 valence electrons. The lowest BCUT2D eigenvalue weighted by Gasteiger charge is -2.24. The Hall–Kier alpha value is -1.42. The molecule has 0 aromatic carbocycles. The number of rotatable bonds is 9. The molecule has 2 N–H and O–H groups in total. The number of carbonyl (C=O) groups is 2.